The average Bonchev–Trinajstić information content (AvgIpc) is 2.87. The third-order valence-electron chi connectivity index (χ3n) is 7.91. The van der Waals surface area contributed by atoms with Crippen molar-refractivity contribution in [3.05, 3.63) is 23.9 Å². The number of ether oxygens (including phenoxy) is 1. The molecule has 9 heteroatoms. The number of carbonyl (C=O) groups excluding carboxylic acids is 4. The predicted molar refractivity (Wildman–Crippen MR) is 139 cm³/mol. The van der Waals surface area contributed by atoms with E-state index in [9.17, 15) is 19.2 Å². The Morgan fingerprint density at radius 2 is 1.68 bits per heavy atom. The molecule has 2 aliphatic heterocycles. The van der Waals surface area contributed by atoms with E-state index in [0.29, 0.717) is 44.8 Å². The van der Waals surface area contributed by atoms with Gasteiger partial charge in [-0.15, -0.1) is 0 Å². The van der Waals surface area contributed by atoms with Crippen molar-refractivity contribution in [3.8, 4) is 0 Å². The van der Waals surface area contributed by atoms with E-state index in [0.717, 1.165) is 37.1 Å². The molecular formula is C28H40N4O5. The van der Waals surface area contributed by atoms with Crippen molar-refractivity contribution in [1.82, 2.24) is 15.2 Å². The molecule has 0 bridgehead atoms. The van der Waals surface area contributed by atoms with Crippen molar-refractivity contribution in [2.24, 2.45) is 11.8 Å². The van der Waals surface area contributed by atoms with Crippen LogP contribution in [0.5, 0.6) is 0 Å². The van der Waals surface area contributed by atoms with Crippen LogP contribution in [0, 0.1) is 11.8 Å². The minimum Gasteiger partial charge on any atom is -0.460 e. The summed E-state index contributed by atoms with van der Waals surface area (Å²) in [6, 6.07) is 4.16. The van der Waals surface area contributed by atoms with Crippen molar-refractivity contribution in [1.29, 1.82) is 0 Å². The zero-order valence-electron chi connectivity index (χ0n) is 22.5. The summed E-state index contributed by atoms with van der Waals surface area (Å²) in [6.45, 7) is 6.87. The zero-order chi connectivity index (χ0) is 26.7. The van der Waals surface area contributed by atoms with Gasteiger partial charge in [0, 0.05) is 44.7 Å². The Bertz CT molecular complexity index is 1000. The normalized spacial score (nSPS) is 25.4. The van der Waals surface area contributed by atoms with Crippen LogP contribution in [0.25, 0.3) is 0 Å². The van der Waals surface area contributed by atoms with Crippen LogP contribution in [-0.4, -0.2) is 65.4 Å². The molecule has 2 saturated heterocycles. The Balaban J connectivity index is 1.24. The molecule has 1 atom stereocenters. The maximum atomic E-state index is 13.2. The van der Waals surface area contributed by atoms with Crippen LogP contribution in [-0.2, 0) is 23.9 Å². The van der Waals surface area contributed by atoms with Gasteiger partial charge in [0.2, 0.25) is 17.7 Å². The van der Waals surface area contributed by atoms with Crippen LogP contribution in [0.3, 0.4) is 0 Å². The summed E-state index contributed by atoms with van der Waals surface area (Å²) in [5.74, 6) is 0.0147. The number of imide groups is 1. The number of anilines is 1. The lowest BCUT2D eigenvalue weighted by Gasteiger charge is -2.38. The Morgan fingerprint density at radius 1 is 1.00 bits per heavy atom. The Kier molecular flexibility index (Phi) is 8.19. The van der Waals surface area contributed by atoms with E-state index in [1.54, 1.807) is 6.20 Å². The van der Waals surface area contributed by atoms with Gasteiger partial charge < -0.3 is 14.5 Å². The highest BCUT2D eigenvalue weighted by atomic mass is 16.6. The van der Waals surface area contributed by atoms with Gasteiger partial charge in [0.1, 0.15) is 11.4 Å². The number of pyridine rings is 1. The number of carbonyl (C=O) groups is 4. The van der Waals surface area contributed by atoms with Gasteiger partial charge in [0.15, 0.2) is 0 Å². The van der Waals surface area contributed by atoms with Gasteiger partial charge in [-0.2, -0.15) is 0 Å². The standard InChI is InChI=1S/C28H40N4O5/c1-28(2,3)37-27(36)19-13-15-32(16-14-19)26(35)18-5-8-21(9-6-18)31(4)23-11-7-20(17-29-23)22-10-12-24(33)30-25(22)34/h7,11,17-19,21-22H,5-6,8-10,12-16H2,1-4H3,(H,30,33,34)/t18-,21-,22?. The van der Waals surface area contributed by atoms with Crippen molar-refractivity contribution < 1.29 is 23.9 Å². The second-order valence-corrected chi connectivity index (χ2v) is 11.7. The molecule has 1 N–H and O–H groups in total. The first kappa shape index (κ1) is 27.1. The number of esters is 1. The molecule has 0 aromatic carbocycles. The summed E-state index contributed by atoms with van der Waals surface area (Å²) in [5, 5.41) is 2.40. The number of nitrogens with one attached hydrogen (secondary N) is 1. The topological polar surface area (TPSA) is 109 Å². The van der Waals surface area contributed by atoms with Gasteiger partial charge in [-0.25, -0.2) is 4.98 Å². The third kappa shape index (κ3) is 6.67. The van der Waals surface area contributed by atoms with E-state index in [4.69, 9.17) is 4.74 Å². The molecule has 202 valence electrons. The molecule has 1 aromatic rings. The van der Waals surface area contributed by atoms with Gasteiger partial charge in [-0.3, -0.25) is 24.5 Å². The highest BCUT2D eigenvalue weighted by Gasteiger charge is 2.35. The number of piperidine rings is 2. The lowest BCUT2D eigenvalue weighted by molar-refractivity contribution is -0.162. The molecule has 1 unspecified atom stereocenters. The SMILES string of the molecule is CN(c1ccc(C2CCC(=O)NC2=O)cn1)[C@H]1CC[C@H](C(=O)N2CCC(C(=O)OC(C)(C)C)CC2)CC1. The van der Waals surface area contributed by atoms with Crippen LogP contribution in [0.2, 0.25) is 0 Å². The van der Waals surface area contributed by atoms with Gasteiger partial charge in [0.25, 0.3) is 0 Å². The minimum absolute atomic E-state index is 0.0330. The van der Waals surface area contributed by atoms with Crippen LogP contribution in [0.1, 0.15) is 83.6 Å². The van der Waals surface area contributed by atoms with Crippen LogP contribution < -0.4 is 10.2 Å². The smallest absolute Gasteiger partial charge is 0.309 e. The second kappa shape index (κ2) is 11.2. The number of aromatic nitrogens is 1. The third-order valence-corrected chi connectivity index (χ3v) is 7.91. The van der Waals surface area contributed by atoms with Crippen molar-refractivity contribution in [2.75, 3.05) is 25.0 Å². The molecule has 37 heavy (non-hydrogen) atoms. The highest BCUT2D eigenvalue weighted by Crippen LogP contribution is 2.32. The fraction of sp³-hybridized carbons (Fsp3) is 0.679. The summed E-state index contributed by atoms with van der Waals surface area (Å²) in [5.41, 5.74) is 0.341. The highest BCUT2D eigenvalue weighted by molar-refractivity contribution is 6.00. The molecule has 1 aliphatic carbocycles. The van der Waals surface area contributed by atoms with E-state index in [2.05, 4.69) is 15.2 Å². The molecule has 3 aliphatic rings. The minimum atomic E-state index is -0.485. The van der Waals surface area contributed by atoms with Crippen molar-refractivity contribution in [3.63, 3.8) is 0 Å². The van der Waals surface area contributed by atoms with Gasteiger partial charge in [-0.05, 0) is 77.3 Å². The summed E-state index contributed by atoms with van der Waals surface area (Å²) in [6.07, 6.45) is 7.44. The fourth-order valence-corrected chi connectivity index (χ4v) is 5.70. The number of likely N-dealkylation sites (tertiary alicyclic amines) is 1. The molecule has 3 amide bonds. The van der Waals surface area contributed by atoms with E-state index >= 15 is 0 Å². The lowest BCUT2D eigenvalue weighted by Crippen LogP contribution is -2.46. The summed E-state index contributed by atoms with van der Waals surface area (Å²) in [4.78, 5) is 57.8. The molecule has 4 rings (SSSR count). The molecule has 3 fully saturated rings. The second-order valence-electron chi connectivity index (χ2n) is 11.7. The van der Waals surface area contributed by atoms with Gasteiger partial charge in [-0.1, -0.05) is 6.07 Å². The zero-order valence-corrected chi connectivity index (χ0v) is 22.5. The maximum Gasteiger partial charge on any atom is 0.309 e. The molecule has 1 aromatic heterocycles. The van der Waals surface area contributed by atoms with E-state index < -0.39 is 5.60 Å². The fourth-order valence-electron chi connectivity index (χ4n) is 5.70. The first-order valence-corrected chi connectivity index (χ1v) is 13.6. The first-order chi connectivity index (χ1) is 17.5. The van der Waals surface area contributed by atoms with Crippen LogP contribution in [0.15, 0.2) is 18.3 Å². The number of hydrogen-bond acceptors (Lipinski definition) is 7. The number of hydrogen-bond donors (Lipinski definition) is 1. The maximum absolute atomic E-state index is 13.2. The van der Waals surface area contributed by atoms with Crippen LogP contribution in [0.4, 0.5) is 5.82 Å². The van der Waals surface area contributed by atoms with Gasteiger partial charge in [0.05, 0.1) is 11.8 Å². The molecule has 1 saturated carbocycles. The van der Waals surface area contributed by atoms with Crippen LogP contribution >= 0.6 is 0 Å². The van der Waals surface area contributed by atoms with E-state index in [1.807, 2.05) is 44.9 Å². The predicted octanol–water partition coefficient (Wildman–Crippen LogP) is 3.18. The average molecular weight is 513 g/mol. The molecule has 0 spiro atoms. The largest absolute Gasteiger partial charge is 0.460 e. The summed E-state index contributed by atoms with van der Waals surface area (Å²) < 4.78 is 5.52. The molecule has 0 radical (unpaired) electrons. The Hall–Kier alpha value is -2.97. The van der Waals surface area contributed by atoms with Crippen molar-refractivity contribution >= 4 is 29.5 Å². The Morgan fingerprint density at radius 3 is 2.24 bits per heavy atom. The van der Waals surface area contributed by atoms with Crippen molar-refractivity contribution in [2.45, 2.75) is 89.7 Å². The molecule has 3 heterocycles. The van der Waals surface area contributed by atoms with E-state index in [-0.39, 0.29) is 41.4 Å². The number of nitrogens with zero attached hydrogens (tertiary/aromatic N) is 3. The number of amides is 3. The quantitative estimate of drug-likeness (QED) is 0.477. The van der Waals surface area contributed by atoms with Gasteiger partial charge >= 0.3 is 5.97 Å². The lowest BCUT2D eigenvalue weighted by atomic mass is 9.84. The monoisotopic (exact) mass is 512 g/mol. The first-order valence-electron chi connectivity index (χ1n) is 13.6. The number of rotatable bonds is 5. The van der Waals surface area contributed by atoms with E-state index in [1.165, 1.54) is 0 Å². The Labute approximate surface area is 219 Å². The summed E-state index contributed by atoms with van der Waals surface area (Å²) in [7, 11) is 2.03. The molecule has 9 nitrogen and oxygen atoms in total. The molecular weight excluding hydrogens is 472 g/mol. The summed E-state index contributed by atoms with van der Waals surface area (Å²) >= 11 is 0.